The maximum atomic E-state index is 12.5. The summed E-state index contributed by atoms with van der Waals surface area (Å²) >= 11 is 31.3. The van der Waals surface area contributed by atoms with Gasteiger partial charge in [0.25, 0.3) is 5.91 Å². The molecule has 1 atom stereocenters. The predicted octanol–water partition coefficient (Wildman–Crippen LogP) is 4.15. The number of rotatable bonds is 8. The van der Waals surface area contributed by atoms with Gasteiger partial charge in [-0.1, -0.05) is 69.8 Å². The van der Waals surface area contributed by atoms with Crippen molar-refractivity contribution in [2.45, 2.75) is 15.1 Å². The van der Waals surface area contributed by atoms with Crippen LogP contribution < -0.4 is 19.9 Å². The third-order valence-electron chi connectivity index (χ3n) is 3.62. The Hall–Kier alpha value is -1.61. The number of hydrogen-bond donors (Lipinski definition) is 1. The number of anilines is 2. The van der Waals surface area contributed by atoms with Crippen molar-refractivity contribution >= 4 is 87.6 Å². The highest BCUT2D eigenvalue weighted by Crippen LogP contribution is 2.34. The molecule has 1 unspecified atom stereocenters. The van der Waals surface area contributed by atoms with Crippen molar-refractivity contribution in [3.8, 4) is 11.9 Å². The summed E-state index contributed by atoms with van der Waals surface area (Å²) in [5, 5.41) is 13.2. The van der Waals surface area contributed by atoms with Crippen LogP contribution in [0.1, 0.15) is 0 Å². The number of carbonyl (C=O) groups excluding carboxylic acids is 1. The van der Waals surface area contributed by atoms with Crippen molar-refractivity contribution in [1.82, 2.24) is 20.3 Å². The zero-order valence-electron chi connectivity index (χ0n) is 16.8. The van der Waals surface area contributed by atoms with Crippen LogP contribution in [0.25, 0.3) is 0 Å². The first kappa shape index (κ1) is 26.6. The van der Waals surface area contributed by atoms with Gasteiger partial charge in [0.05, 0.1) is 5.02 Å². The zero-order valence-corrected chi connectivity index (χ0v) is 21.4. The molecule has 0 fully saturated rings. The first-order chi connectivity index (χ1) is 15.0. The Kier molecular flexibility index (Phi) is 9.57. The van der Waals surface area contributed by atoms with Crippen molar-refractivity contribution in [3.63, 3.8) is 0 Å². The lowest BCUT2D eigenvalue weighted by molar-refractivity contribution is -0.123. The summed E-state index contributed by atoms with van der Waals surface area (Å²) < 4.78 is 3.26. The molecule has 0 spiro atoms. The molecule has 0 saturated heterocycles. The van der Waals surface area contributed by atoms with Crippen LogP contribution in [0, 0.1) is 11.5 Å². The van der Waals surface area contributed by atoms with Gasteiger partial charge in [-0.25, -0.2) is 4.90 Å². The topological polar surface area (TPSA) is 107 Å². The number of nitrogens with zero attached hydrogens (tertiary/aromatic N) is 6. The molecular weight excluding hydrogens is 544 g/mol. The van der Waals surface area contributed by atoms with E-state index < -0.39 is 22.5 Å². The van der Waals surface area contributed by atoms with Crippen molar-refractivity contribution in [2.24, 2.45) is 0 Å². The Morgan fingerprint density at radius 3 is 2.44 bits per heavy atom. The summed E-state index contributed by atoms with van der Waals surface area (Å²) in [6.07, 6.45) is 2.14. The molecule has 2 aromatic rings. The number of nitrogens with one attached hydrogen (secondary N) is 1. The Balaban J connectivity index is 2.27. The van der Waals surface area contributed by atoms with Crippen LogP contribution in [-0.4, -0.2) is 57.8 Å². The third-order valence-corrected chi connectivity index (χ3v) is 5.31. The lowest BCUT2D eigenvalue weighted by Crippen LogP contribution is -2.55. The van der Waals surface area contributed by atoms with Crippen LogP contribution in [-0.2, 0) is 4.79 Å². The molecule has 9 nitrogen and oxygen atoms in total. The van der Waals surface area contributed by atoms with E-state index in [2.05, 4.69) is 20.3 Å². The molecule has 1 aromatic carbocycles. The van der Waals surface area contributed by atoms with E-state index in [9.17, 15) is 10.1 Å². The van der Waals surface area contributed by atoms with Crippen LogP contribution in [0.2, 0.25) is 10.0 Å². The molecule has 32 heavy (non-hydrogen) atoms. The molecule has 0 aliphatic carbocycles. The quantitative estimate of drug-likeness (QED) is 0.168. The van der Waals surface area contributed by atoms with E-state index in [4.69, 9.17) is 62.7 Å². The summed E-state index contributed by atoms with van der Waals surface area (Å²) in [5.41, 5.74) is 0. The fraction of sp³-hybridized carbons (Fsp3) is 0.353. The van der Waals surface area contributed by atoms with Gasteiger partial charge in [0.15, 0.2) is 24.1 Å². The molecule has 1 amide bonds. The Morgan fingerprint density at radius 2 is 1.91 bits per heavy atom. The fourth-order valence-corrected chi connectivity index (χ4v) is 3.44. The van der Waals surface area contributed by atoms with Crippen LogP contribution in [0.5, 0.6) is 5.75 Å². The third kappa shape index (κ3) is 7.20. The number of alkyl halides is 3. The van der Waals surface area contributed by atoms with E-state index in [1.165, 1.54) is 23.9 Å². The number of carbonyl (C=O) groups is 1. The molecule has 0 saturated carbocycles. The first-order valence-corrected chi connectivity index (χ1v) is 11.7. The van der Waals surface area contributed by atoms with Crippen molar-refractivity contribution in [2.75, 3.05) is 36.8 Å². The minimum absolute atomic E-state index is 0.117. The number of aromatic nitrogens is 3. The molecule has 0 aliphatic rings. The van der Waals surface area contributed by atoms with E-state index in [0.717, 1.165) is 4.90 Å². The monoisotopic (exact) mass is 557 g/mol. The molecule has 15 heteroatoms. The lowest BCUT2D eigenvalue weighted by Gasteiger charge is -2.31. The predicted molar refractivity (Wildman–Crippen MR) is 128 cm³/mol. The fourth-order valence-electron chi connectivity index (χ4n) is 2.17. The molecule has 172 valence electrons. The first-order valence-electron chi connectivity index (χ1n) is 8.56. The highest BCUT2D eigenvalue weighted by molar-refractivity contribution is 7.98. The Morgan fingerprint density at radius 1 is 1.25 bits per heavy atom. The molecule has 2 rings (SSSR count). The minimum Gasteiger partial charge on any atom is -0.482 e. The van der Waals surface area contributed by atoms with Crippen LogP contribution in [0.4, 0.5) is 11.9 Å². The van der Waals surface area contributed by atoms with Crippen molar-refractivity contribution < 1.29 is 9.53 Å². The zero-order chi connectivity index (χ0) is 24.1. The van der Waals surface area contributed by atoms with Gasteiger partial charge in [-0.3, -0.25) is 4.79 Å². The lowest BCUT2D eigenvalue weighted by atomic mass is 10.3. The van der Waals surface area contributed by atoms with Gasteiger partial charge in [-0.15, -0.1) is 0 Å². The van der Waals surface area contributed by atoms with Gasteiger partial charge < -0.3 is 15.0 Å². The second-order valence-electron chi connectivity index (χ2n) is 6.16. The molecule has 1 aromatic heterocycles. The summed E-state index contributed by atoms with van der Waals surface area (Å²) in [5.74, 6) is -0.311. The second kappa shape index (κ2) is 11.5. The van der Waals surface area contributed by atoms with Crippen LogP contribution in [0.15, 0.2) is 23.4 Å². The molecular formula is C17H16Cl5N7O2S. The average Bonchev–Trinajstić information content (AvgIpc) is 2.72. The van der Waals surface area contributed by atoms with Crippen molar-refractivity contribution in [1.29, 1.82) is 5.26 Å². The summed E-state index contributed by atoms with van der Waals surface area (Å²) in [6, 6.07) is 4.52. The standard InChI is InChI=1S/C17H16Cl5N7O2S/c1-28(2)14-25-15(27-16(26-14)32-3)29(8-23)13(17(20,21)22)24-12(30)7-31-11-5-4-9(18)6-10(11)19/h4-6,13H,7H2,1-3H3,(H,24,30). The Bertz CT molecular complexity index is 1020. The normalized spacial score (nSPS) is 12.0. The maximum absolute atomic E-state index is 12.5. The summed E-state index contributed by atoms with van der Waals surface area (Å²) in [7, 11) is 3.43. The van der Waals surface area contributed by atoms with Gasteiger partial charge in [-0.05, 0) is 24.5 Å². The smallest absolute Gasteiger partial charge is 0.259 e. The largest absolute Gasteiger partial charge is 0.482 e. The number of halogens is 5. The van der Waals surface area contributed by atoms with Gasteiger partial charge >= 0.3 is 0 Å². The van der Waals surface area contributed by atoms with E-state index in [1.54, 1.807) is 31.3 Å². The van der Waals surface area contributed by atoms with E-state index in [1.807, 2.05) is 6.19 Å². The summed E-state index contributed by atoms with van der Waals surface area (Å²) in [6.45, 7) is -0.478. The van der Waals surface area contributed by atoms with Gasteiger partial charge in [0.2, 0.25) is 15.7 Å². The average molecular weight is 560 g/mol. The second-order valence-corrected chi connectivity index (χ2v) is 10.1. The summed E-state index contributed by atoms with van der Waals surface area (Å²) in [4.78, 5) is 27.6. The molecule has 1 heterocycles. The van der Waals surface area contributed by atoms with Gasteiger partial charge in [0.1, 0.15) is 5.75 Å². The van der Waals surface area contributed by atoms with E-state index in [-0.39, 0.29) is 22.7 Å². The van der Waals surface area contributed by atoms with E-state index in [0.29, 0.717) is 10.2 Å². The molecule has 0 radical (unpaired) electrons. The highest BCUT2D eigenvalue weighted by atomic mass is 35.6. The Labute approximate surface area is 213 Å². The molecule has 1 N–H and O–H groups in total. The highest BCUT2D eigenvalue weighted by Gasteiger charge is 2.41. The van der Waals surface area contributed by atoms with Crippen LogP contribution >= 0.6 is 69.8 Å². The SMILES string of the molecule is CSc1nc(N(C)C)nc(N(C#N)C(NC(=O)COc2ccc(Cl)cc2Cl)C(Cl)(Cl)Cl)n1. The van der Waals surface area contributed by atoms with Crippen LogP contribution in [0.3, 0.4) is 0 Å². The van der Waals surface area contributed by atoms with Gasteiger partial charge in [-0.2, -0.15) is 20.2 Å². The minimum atomic E-state index is -2.13. The number of amides is 1. The van der Waals surface area contributed by atoms with Gasteiger partial charge in [0, 0.05) is 19.1 Å². The number of benzene rings is 1. The van der Waals surface area contributed by atoms with Crippen molar-refractivity contribution in [3.05, 3.63) is 28.2 Å². The molecule has 0 bridgehead atoms. The number of nitriles is 1. The maximum Gasteiger partial charge on any atom is 0.259 e. The molecule has 0 aliphatic heterocycles. The van der Waals surface area contributed by atoms with E-state index >= 15 is 0 Å². The number of hydrogen-bond acceptors (Lipinski definition) is 9. The number of thioether (sulfide) groups is 1. The number of ether oxygens (including phenoxy) is 1.